The molecule has 0 fully saturated rings. The van der Waals surface area contributed by atoms with Crippen LogP contribution >= 0.6 is 14.3 Å². The van der Waals surface area contributed by atoms with Crippen molar-refractivity contribution in [2.45, 2.75) is 5.66 Å². The molecular weight excluding hydrogens is 630 g/mol. The van der Waals surface area contributed by atoms with Crippen molar-refractivity contribution in [2.75, 3.05) is 0 Å². The summed E-state index contributed by atoms with van der Waals surface area (Å²) in [5, 5.41) is 2.24. The summed E-state index contributed by atoms with van der Waals surface area (Å²) in [5.41, 5.74) is 0.650. The van der Waals surface area contributed by atoms with Crippen LogP contribution in [0.4, 0.5) is 0 Å². The van der Waals surface area contributed by atoms with E-state index in [1.807, 2.05) is 158 Å². The first-order valence-electron chi connectivity index (χ1n) is 15.6. The molecule has 48 heavy (non-hydrogen) atoms. The van der Waals surface area contributed by atoms with E-state index in [0.29, 0.717) is 21.2 Å². The minimum atomic E-state index is -3.85. The molecule has 0 aliphatic rings. The van der Waals surface area contributed by atoms with Crippen molar-refractivity contribution >= 4 is 47.5 Å². The van der Waals surface area contributed by atoms with Crippen LogP contribution < -0.4 is 21.2 Å². The summed E-state index contributed by atoms with van der Waals surface area (Å²) in [6.07, 6.45) is 4.66. The van der Waals surface area contributed by atoms with Gasteiger partial charge in [0, 0.05) is 27.3 Å². The second-order valence-electron chi connectivity index (χ2n) is 11.1. The van der Waals surface area contributed by atoms with Gasteiger partial charge in [0.1, 0.15) is 0 Å². The van der Waals surface area contributed by atoms with Crippen molar-refractivity contribution in [3.05, 3.63) is 211 Å². The lowest BCUT2D eigenvalue weighted by molar-refractivity contribution is -0.132. The van der Waals surface area contributed by atoms with E-state index in [-0.39, 0.29) is 5.50 Å². The highest BCUT2D eigenvalue weighted by atomic mass is 31.2. The molecule has 6 rings (SSSR count). The van der Waals surface area contributed by atoms with Crippen molar-refractivity contribution in [2.24, 2.45) is 0 Å². The van der Waals surface area contributed by atoms with Crippen LogP contribution in [0.3, 0.4) is 0 Å². The second kappa shape index (κ2) is 15.1. The van der Waals surface area contributed by atoms with Crippen molar-refractivity contribution in [3.8, 4) is 0 Å². The van der Waals surface area contributed by atoms with E-state index in [4.69, 9.17) is 4.74 Å². The van der Waals surface area contributed by atoms with E-state index in [0.717, 1.165) is 11.1 Å². The fourth-order valence-electron chi connectivity index (χ4n) is 5.71. The number of esters is 1. The third kappa shape index (κ3) is 7.02. The summed E-state index contributed by atoms with van der Waals surface area (Å²) in [6, 6.07) is 55.6. The quantitative estimate of drug-likeness (QED) is 0.0601. The van der Waals surface area contributed by atoms with Crippen LogP contribution in [-0.2, 0) is 18.7 Å². The summed E-state index contributed by atoms with van der Waals surface area (Å²) in [5.74, 6) is -0.696. The molecule has 0 radical (unpaired) electrons. The smallest absolute Gasteiger partial charge is 0.336 e. The summed E-state index contributed by atoms with van der Waals surface area (Å²) >= 11 is 0. The minimum Gasteiger partial charge on any atom is -0.419 e. The van der Waals surface area contributed by atoms with Gasteiger partial charge in [-0.05, 0) is 23.3 Å². The van der Waals surface area contributed by atoms with Crippen molar-refractivity contribution in [1.29, 1.82) is 0 Å². The number of rotatable bonds is 11. The van der Waals surface area contributed by atoms with Crippen LogP contribution in [0, 0.1) is 0 Å². The highest BCUT2D eigenvalue weighted by Gasteiger charge is 2.41. The van der Waals surface area contributed by atoms with Gasteiger partial charge in [-0.15, -0.1) is 0 Å². The summed E-state index contributed by atoms with van der Waals surface area (Å²) in [4.78, 5) is 13.7. The molecule has 0 spiro atoms. The molecule has 0 amide bonds. The lowest BCUT2D eigenvalue weighted by atomic mass is 10.1. The Balaban J connectivity index is 1.63. The predicted molar refractivity (Wildman–Crippen MR) is 198 cm³/mol. The van der Waals surface area contributed by atoms with Crippen LogP contribution in [0.1, 0.15) is 16.8 Å². The maximum absolute atomic E-state index is 16.0. The molecule has 4 nitrogen and oxygen atoms in total. The molecule has 0 N–H and O–H groups in total. The van der Waals surface area contributed by atoms with Crippen molar-refractivity contribution in [3.63, 3.8) is 0 Å². The summed E-state index contributed by atoms with van der Waals surface area (Å²) in [7, 11) is -7.42. The van der Waals surface area contributed by atoms with Gasteiger partial charge in [0.2, 0.25) is 7.14 Å². The van der Waals surface area contributed by atoms with E-state index in [9.17, 15) is 4.79 Å². The average molecular weight is 665 g/mol. The Morgan fingerprint density at radius 2 is 0.875 bits per heavy atom. The van der Waals surface area contributed by atoms with Crippen LogP contribution in [0.15, 0.2) is 200 Å². The molecule has 0 bridgehead atoms. The fraction of sp³-hybridized carbons (Fsp3) is 0.0238. The van der Waals surface area contributed by atoms with E-state index in [1.54, 1.807) is 36.4 Å². The zero-order valence-corrected chi connectivity index (χ0v) is 27.9. The molecule has 6 aromatic rings. The Morgan fingerprint density at radius 1 is 0.500 bits per heavy atom. The molecule has 6 heteroatoms. The van der Waals surface area contributed by atoms with Gasteiger partial charge in [-0.2, -0.15) is 0 Å². The van der Waals surface area contributed by atoms with Crippen LogP contribution in [0.25, 0.3) is 6.08 Å². The molecule has 236 valence electrons. The van der Waals surface area contributed by atoms with Gasteiger partial charge in [0.15, 0.2) is 12.6 Å². The normalized spacial score (nSPS) is 12.8. The average Bonchev–Trinajstić information content (AvgIpc) is 3.17. The van der Waals surface area contributed by atoms with Gasteiger partial charge in [0.25, 0.3) is 0 Å². The maximum atomic E-state index is 16.0. The van der Waals surface area contributed by atoms with Gasteiger partial charge in [-0.3, -0.25) is 0 Å². The molecule has 1 unspecified atom stereocenters. The number of benzene rings is 6. The number of carbonyl (C=O) groups excluding carboxylic acids is 1. The number of ether oxygens (including phenoxy) is 1. The van der Waals surface area contributed by atoms with E-state index >= 15 is 9.13 Å². The Morgan fingerprint density at radius 3 is 1.31 bits per heavy atom. The molecule has 0 aliphatic carbocycles. The van der Waals surface area contributed by atoms with Crippen LogP contribution in [0.2, 0.25) is 0 Å². The van der Waals surface area contributed by atoms with Gasteiger partial charge in [-0.1, -0.05) is 182 Å². The first-order chi connectivity index (χ1) is 23.5. The zero-order valence-electron chi connectivity index (χ0n) is 26.2. The largest absolute Gasteiger partial charge is 0.419 e. The lowest BCUT2D eigenvalue weighted by Crippen LogP contribution is -2.23. The molecule has 0 heterocycles. The Kier molecular flexibility index (Phi) is 10.3. The van der Waals surface area contributed by atoms with Crippen LogP contribution in [0.5, 0.6) is 0 Å². The second-order valence-corrected chi connectivity index (χ2v) is 16.7. The zero-order chi connectivity index (χ0) is 33.2. The van der Waals surface area contributed by atoms with Gasteiger partial charge in [-0.25, -0.2) is 4.79 Å². The lowest BCUT2D eigenvalue weighted by Gasteiger charge is -2.29. The Labute approximate surface area is 281 Å². The highest BCUT2D eigenvalue weighted by molar-refractivity contribution is 7.82. The van der Waals surface area contributed by atoms with Gasteiger partial charge < -0.3 is 13.9 Å². The molecule has 0 saturated carbocycles. The maximum Gasteiger partial charge on any atom is 0.336 e. The van der Waals surface area contributed by atoms with E-state index in [1.165, 1.54) is 6.08 Å². The van der Waals surface area contributed by atoms with Crippen LogP contribution in [-0.4, -0.2) is 5.97 Å². The topological polar surface area (TPSA) is 60.4 Å². The standard InChI is InChI=1S/C42H34O4P2/c43-41(32-31-34-19-7-1-8-20-34)46-42(48(45,38-27-15-5-16-28-38)39-29-17-6-18-30-39)33-40(35-21-9-2-10-22-35)47(44,36-23-11-3-12-24-36)37-25-13-4-14-26-37/h1-33,40H/b32-31-,42-33+. The van der Waals surface area contributed by atoms with Crippen molar-refractivity contribution in [1.82, 2.24) is 0 Å². The molecular formula is C42H34O4P2. The predicted octanol–water partition coefficient (Wildman–Crippen LogP) is 8.85. The van der Waals surface area contributed by atoms with E-state index in [2.05, 4.69) is 0 Å². The number of hydrogen-bond acceptors (Lipinski definition) is 4. The number of carbonyl (C=O) groups is 1. The van der Waals surface area contributed by atoms with E-state index < -0.39 is 25.9 Å². The third-order valence-corrected chi connectivity index (χ3v) is 14.4. The monoisotopic (exact) mass is 664 g/mol. The molecule has 0 aromatic heterocycles. The summed E-state index contributed by atoms with van der Waals surface area (Å²) < 4.78 is 38.0. The van der Waals surface area contributed by atoms with Gasteiger partial charge in [0.05, 0.1) is 5.66 Å². The SMILES string of the molecule is O=C(/C=C\c1ccccc1)O/C(=C\C(c1ccccc1)P(=O)(c1ccccc1)c1ccccc1)P(=O)(c1ccccc1)c1ccccc1. The summed E-state index contributed by atoms with van der Waals surface area (Å²) in [6.45, 7) is 0. The molecule has 0 aliphatic heterocycles. The Bertz CT molecular complexity index is 2010. The first kappa shape index (κ1) is 32.7. The highest BCUT2D eigenvalue weighted by Crippen LogP contribution is 2.61. The van der Waals surface area contributed by atoms with Crippen molar-refractivity contribution < 1.29 is 18.7 Å². The minimum absolute atomic E-state index is 0.0523. The Hall–Kier alpha value is -5.27. The van der Waals surface area contributed by atoms with Gasteiger partial charge >= 0.3 is 5.97 Å². The third-order valence-electron chi connectivity index (χ3n) is 8.08. The number of allylic oxidation sites excluding steroid dienone is 1. The first-order valence-corrected chi connectivity index (χ1v) is 19.1. The molecule has 0 saturated heterocycles. The number of hydrogen-bond donors (Lipinski definition) is 0. The fourth-order valence-corrected chi connectivity index (χ4v) is 11.5. The molecule has 6 aromatic carbocycles. The molecule has 1 atom stereocenters.